The van der Waals surface area contributed by atoms with Crippen LogP contribution in [0.1, 0.15) is 26.3 Å². The fourth-order valence-corrected chi connectivity index (χ4v) is 3.06. The highest BCUT2D eigenvalue weighted by atomic mass is 35.5. The van der Waals surface area contributed by atoms with Crippen molar-refractivity contribution in [2.24, 2.45) is 0 Å². The van der Waals surface area contributed by atoms with Crippen molar-refractivity contribution in [3.05, 3.63) is 70.2 Å². The van der Waals surface area contributed by atoms with Gasteiger partial charge in [-0.3, -0.25) is 9.59 Å². The summed E-state index contributed by atoms with van der Waals surface area (Å²) in [5.41, 5.74) is 0.336. The summed E-state index contributed by atoms with van der Waals surface area (Å²) in [6.45, 7) is 0. The highest BCUT2D eigenvalue weighted by Crippen LogP contribution is 2.53. The number of fused-ring (bicyclic) bond motifs is 2. The first kappa shape index (κ1) is 11.8. The Hall–Kier alpha value is -1.97. The molecule has 0 radical (unpaired) electrons. The maximum atomic E-state index is 12.7. The van der Waals surface area contributed by atoms with E-state index in [1.165, 1.54) is 0 Å². The third-order valence-corrected chi connectivity index (χ3v) is 4.12. The molecule has 2 aromatic rings. The van der Waals surface area contributed by atoms with E-state index >= 15 is 0 Å². The molecule has 0 amide bonds. The average molecular weight is 285 g/mol. The topological polar surface area (TPSA) is 46.7 Å². The maximum Gasteiger partial charge on any atom is 0.203 e. The van der Waals surface area contributed by atoms with Crippen LogP contribution in [0.25, 0.3) is 0 Å². The van der Waals surface area contributed by atoms with Crippen molar-refractivity contribution >= 4 is 23.2 Å². The van der Waals surface area contributed by atoms with Crippen molar-refractivity contribution in [3.63, 3.8) is 0 Å². The van der Waals surface area contributed by atoms with Crippen LogP contribution in [0.2, 0.25) is 5.02 Å². The molecule has 20 heavy (non-hydrogen) atoms. The second-order valence-electron chi connectivity index (χ2n) is 4.98. The minimum Gasteiger partial charge on any atom is -0.343 e. The third kappa shape index (κ3) is 1.34. The first-order valence-corrected chi connectivity index (χ1v) is 6.64. The van der Waals surface area contributed by atoms with Gasteiger partial charge in [0, 0.05) is 16.1 Å². The van der Waals surface area contributed by atoms with Crippen molar-refractivity contribution in [2.75, 3.05) is 0 Å². The molecule has 1 aliphatic carbocycles. The van der Waals surface area contributed by atoms with E-state index < -0.39 is 11.7 Å². The van der Waals surface area contributed by atoms with E-state index in [0.29, 0.717) is 21.7 Å². The van der Waals surface area contributed by atoms with Crippen molar-refractivity contribution in [3.8, 4) is 0 Å². The van der Waals surface area contributed by atoms with Gasteiger partial charge in [-0.15, -0.1) is 0 Å². The normalized spacial score (nSPS) is 26.9. The van der Waals surface area contributed by atoms with Crippen LogP contribution in [-0.4, -0.2) is 17.7 Å². The first-order valence-electron chi connectivity index (χ1n) is 6.26. The Kier molecular flexibility index (Phi) is 2.23. The van der Waals surface area contributed by atoms with E-state index in [1.807, 2.05) is 0 Å². The quantitative estimate of drug-likeness (QED) is 0.756. The first-order chi connectivity index (χ1) is 9.64. The Balaban J connectivity index is 1.92. The van der Waals surface area contributed by atoms with Crippen LogP contribution in [0.3, 0.4) is 0 Å². The third-order valence-electron chi connectivity index (χ3n) is 3.88. The predicted molar refractivity (Wildman–Crippen MR) is 73.1 cm³/mol. The Morgan fingerprint density at radius 2 is 1.75 bits per heavy atom. The highest BCUT2D eigenvalue weighted by Gasteiger charge is 2.69. The lowest BCUT2D eigenvalue weighted by Gasteiger charge is -2.18. The van der Waals surface area contributed by atoms with Crippen LogP contribution in [0.5, 0.6) is 0 Å². The van der Waals surface area contributed by atoms with Crippen molar-refractivity contribution in [1.29, 1.82) is 0 Å². The van der Waals surface area contributed by atoms with E-state index in [2.05, 4.69) is 0 Å². The molecule has 1 aliphatic heterocycles. The van der Waals surface area contributed by atoms with Crippen molar-refractivity contribution < 1.29 is 14.3 Å². The summed E-state index contributed by atoms with van der Waals surface area (Å²) in [5, 5.41) is 0.519. The molecule has 4 rings (SSSR count). The van der Waals surface area contributed by atoms with Crippen LogP contribution < -0.4 is 0 Å². The minimum atomic E-state index is -1.17. The van der Waals surface area contributed by atoms with Gasteiger partial charge in [-0.05, 0) is 17.7 Å². The molecule has 4 heteroatoms. The van der Waals surface area contributed by atoms with Crippen molar-refractivity contribution in [2.45, 2.75) is 11.7 Å². The van der Waals surface area contributed by atoms with Crippen LogP contribution in [-0.2, 0) is 10.3 Å². The second kappa shape index (κ2) is 3.78. The van der Waals surface area contributed by atoms with Gasteiger partial charge in [-0.1, -0.05) is 48.0 Å². The molecule has 2 unspecified atom stereocenters. The number of halogens is 1. The standard InChI is InChI=1S/C16H9ClO3/c17-10-5-3-4-9(8-10)16-14(19)12-7-2-1-6-11(12)13(18)15(16)20-16/h1-8,15H. The number of carbonyl (C=O) groups excluding carboxylic acids is 2. The van der Waals surface area contributed by atoms with E-state index in [1.54, 1.807) is 48.5 Å². The van der Waals surface area contributed by atoms with Gasteiger partial charge in [0.15, 0.2) is 17.5 Å². The van der Waals surface area contributed by atoms with Crippen LogP contribution in [0.15, 0.2) is 48.5 Å². The summed E-state index contributed by atoms with van der Waals surface area (Å²) in [6, 6.07) is 13.8. The molecule has 0 aromatic heterocycles. The van der Waals surface area contributed by atoms with Crippen LogP contribution >= 0.6 is 11.6 Å². The molecule has 2 atom stereocenters. The zero-order chi connectivity index (χ0) is 13.9. The smallest absolute Gasteiger partial charge is 0.203 e. The Morgan fingerprint density at radius 3 is 2.50 bits per heavy atom. The summed E-state index contributed by atoms with van der Waals surface area (Å²) in [6.07, 6.45) is -0.719. The summed E-state index contributed by atoms with van der Waals surface area (Å²) < 4.78 is 5.56. The van der Waals surface area contributed by atoms with Crippen LogP contribution in [0, 0.1) is 0 Å². The molecule has 0 spiro atoms. The molecule has 0 N–H and O–H groups in total. The number of carbonyl (C=O) groups is 2. The summed E-state index contributed by atoms with van der Waals surface area (Å²) >= 11 is 5.98. The second-order valence-corrected chi connectivity index (χ2v) is 5.42. The molecule has 0 saturated carbocycles. The molecule has 3 nitrogen and oxygen atoms in total. The van der Waals surface area contributed by atoms with Gasteiger partial charge < -0.3 is 4.74 Å². The Bertz CT molecular complexity index is 768. The number of hydrogen-bond donors (Lipinski definition) is 0. The number of rotatable bonds is 1. The molecular weight excluding hydrogens is 276 g/mol. The van der Waals surface area contributed by atoms with E-state index in [-0.39, 0.29) is 11.6 Å². The molecule has 1 fully saturated rings. The van der Waals surface area contributed by atoms with Gasteiger partial charge in [-0.2, -0.15) is 0 Å². The molecule has 2 aliphatic rings. The fraction of sp³-hybridized carbons (Fsp3) is 0.125. The molecule has 0 bridgehead atoms. The summed E-state index contributed by atoms with van der Waals surface area (Å²) in [7, 11) is 0. The lowest BCUT2D eigenvalue weighted by atomic mass is 9.78. The predicted octanol–water partition coefficient (Wildman–Crippen LogP) is 3.01. The number of benzene rings is 2. The van der Waals surface area contributed by atoms with Gasteiger partial charge in [0.05, 0.1) is 0 Å². The van der Waals surface area contributed by atoms with Crippen LogP contribution in [0.4, 0.5) is 0 Å². The molecule has 1 heterocycles. The van der Waals surface area contributed by atoms with E-state index in [9.17, 15) is 9.59 Å². The molecule has 1 saturated heterocycles. The zero-order valence-corrected chi connectivity index (χ0v) is 11.1. The Morgan fingerprint density at radius 1 is 1.00 bits per heavy atom. The number of ketones is 2. The molecule has 98 valence electrons. The zero-order valence-electron chi connectivity index (χ0n) is 10.3. The SMILES string of the molecule is O=C1c2ccccc2C(=O)C2(c3cccc(Cl)c3)OC12. The summed E-state index contributed by atoms with van der Waals surface area (Å²) in [4.78, 5) is 25.1. The summed E-state index contributed by atoms with van der Waals surface area (Å²) in [5.74, 6) is -0.305. The van der Waals surface area contributed by atoms with Gasteiger partial charge >= 0.3 is 0 Å². The lowest BCUT2D eigenvalue weighted by Crippen LogP contribution is -2.34. The molecular formula is C16H9ClO3. The lowest BCUT2D eigenvalue weighted by molar-refractivity contribution is 0.0859. The van der Waals surface area contributed by atoms with Gasteiger partial charge in [0.1, 0.15) is 0 Å². The van der Waals surface area contributed by atoms with Gasteiger partial charge in [-0.25, -0.2) is 0 Å². The van der Waals surface area contributed by atoms with Gasteiger partial charge in [0.2, 0.25) is 5.78 Å². The maximum absolute atomic E-state index is 12.7. The Labute approximate surface area is 120 Å². The van der Waals surface area contributed by atoms with E-state index in [0.717, 1.165) is 0 Å². The highest BCUT2D eigenvalue weighted by molar-refractivity contribution is 6.31. The fourth-order valence-electron chi connectivity index (χ4n) is 2.87. The number of ether oxygens (including phenoxy) is 1. The number of hydrogen-bond acceptors (Lipinski definition) is 3. The van der Waals surface area contributed by atoms with Gasteiger partial charge in [0.25, 0.3) is 0 Å². The van der Waals surface area contributed by atoms with E-state index in [4.69, 9.17) is 16.3 Å². The largest absolute Gasteiger partial charge is 0.343 e. The number of Topliss-reactive ketones (excluding diaryl/α,β-unsaturated/α-hetero) is 2. The molecule has 2 aromatic carbocycles. The number of epoxide rings is 1. The average Bonchev–Trinajstić information content (AvgIpc) is 3.22. The van der Waals surface area contributed by atoms with Crippen molar-refractivity contribution in [1.82, 2.24) is 0 Å². The monoisotopic (exact) mass is 284 g/mol. The minimum absolute atomic E-state index is 0.139.